The molecule has 2 aromatic carbocycles. The zero-order valence-corrected chi connectivity index (χ0v) is 20.1. The van der Waals surface area contributed by atoms with Crippen LogP contribution in [0.5, 0.6) is 0 Å². The number of nitrogens with one attached hydrogen (secondary N) is 2. The van der Waals surface area contributed by atoms with E-state index < -0.39 is 9.84 Å². The molecule has 0 bridgehead atoms. The van der Waals surface area contributed by atoms with Gasteiger partial charge >= 0.3 is 0 Å². The van der Waals surface area contributed by atoms with Crippen LogP contribution in [0.2, 0.25) is 0 Å². The first-order valence-corrected chi connectivity index (χ1v) is 10.9. The van der Waals surface area contributed by atoms with Gasteiger partial charge in [-0.05, 0) is 41.8 Å². The Labute approximate surface area is 187 Å². The van der Waals surface area contributed by atoms with E-state index in [4.69, 9.17) is 0 Å². The summed E-state index contributed by atoms with van der Waals surface area (Å²) in [7, 11) is -1.65. The van der Waals surface area contributed by atoms with E-state index in [9.17, 15) is 8.42 Å². The molecule has 0 aromatic heterocycles. The molecule has 0 atom stereocenters. The number of halogens is 2. The highest BCUT2D eigenvalue weighted by Gasteiger charge is 2.14. The monoisotopic (exact) mass is 565 g/mol. The van der Waals surface area contributed by atoms with Crippen LogP contribution in [0.4, 0.5) is 0 Å². The Kier molecular flexibility index (Phi) is 10.3. The van der Waals surface area contributed by atoms with Crippen LogP contribution in [-0.4, -0.2) is 33.7 Å². The van der Waals surface area contributed by atoms with Gasteiger partial charge in [0.05, 0.1) is 10.6 Å². The van der Waals surface area contributed by atoms with E-state index >= 15 is 0 Å². The second kappa shape index (κ2) is 11.7. The highest BCUT2D eigenvalue weighted by Crippen LogP contribution is 2.15. The Morgan fingerprint density at radius 2 is 1.67 bits per heavy atom. The van der Waals surface area contributed by atoms with Crippen molar-refractivity contribution in [1.82, 2.24) is 10.6 Å². The lowest BCUT2D eigenvalue weighted by molar-refractivity contribution is 0.594. The molecular weight excluding hydrogens is 541 g/mol. The second-order valence-electron chi connectivity index (χ2n) is 5.75. The fraction of sp³-hybridized carbons (Fsp3) is 0.316. The quantitative estimate of drug-likeness (QED) is 0.305. The van der Waals surface area contributed by atoms with E-state index in [2.05, 4.69) is 50.6 Å². The van der Waals surface area contributed by atoms with E-state index in [0.29, 0.717) is 17.4 Å². The highest BCUT2D eigenvalue weighted by atomic mass is 127. The minimum absolute atomic E-state index is 0. The van der Waals surface area contributed by atoms with Gasteiger partial charge in [0.1, 0.15) is 0 Å². The Balaban J connectivity index is 0.00000364. The summed E-state index contributed by atoms with van der Waals surface area (Å²) < 4.78 is 25.6. The summed E-state index contributed by atoms with van der Waals surface area (Å²) in [5, 5.41) is 6.30. The molecule has 5 nitrogen and oxygen atoms in total. The molecule has 0 fully saturated rings. The largest absolute Gasteiger partial charge is 0.355 e. The van der Waals surface area contributed by atoms with E-state index in [1.165, 1.54) is 11.1 Å². The minimum Gasteiger partial charge on any atom is -0.355 e. The average molecular weight is 566 g/mol. The van der Waals surface area contributed by atoms with Crippen molar-refractivity contribution < 1.29 is 8.42 Å². The van der Waals surface area contributed by atoms with Crippen LogP contribution >= 0.6 is 39.9 Å². The van der Waals surface area contributed by atoms with E-state index in [-0.39, 0.29) is 36.3 Å². The third-order valence-corrected chi connectivity index (χ3v) is 6.27. The highest BCUT2D eigenvalue weighted by molar-refractivity contribution is 14.0. The van der Waals surface area contributed by atoms with Crippen molar-refractivity contribution in [3.63, 3.8) is 0 Å². The predicted molar refractivity (Wildman–Crippen MR) is 126 cm³/mol. The van der Waals surface area contributed by atoms with Crippen LogP contribution < -0.4 is 10.6 Å². The zero-order chi connectivity index (χ0) is 19.0. The Hall–Kier alpha value is -1.13. The topological polar surface area (TPSA) is 70.6 Å². The van der Waals surface area contributed by atoms with E-state index in [1.54, 1.807) is 31.3 Å². The predicted octanol–water partition coefficient (Wildman–Crippen LogP) is 3.77. The van der Waals surface area contributed by atoms with Crippen LogP contribution in [0.25, 0.3) is 0 Å². The zero-order valence-electron chi connectivity index (χ0n) is 15.4. The maximum absolute atomic E-state index is 12.4. The fourth-order valence-corrected chi connectivity index (χ4v) is 3.96. The second-order valence-corrected chi connectivity index (χ2v) is 8.77. The van der Waals surface area contributed by atoms with Crippen molar-refractivity contribution in [3.05, 3.63) is 64.1 Å². The molecule has 0 heterocycles. The number of rotatable bonds is 7. The number of aliphatic imine (C=N–C) groups is 1. The van der Waals surface area contributed by atoms with Crippen LogP contribution in [0.15, 0.2) is 62.9 Å². The average Bonchev–Trinajstić information content (AvgIpc) is 2.65. The number of nitrogens with zero attached hydrogens (tertiary/aromatic N) is 1. The van der Waals surface area contributed by atoms with Gasteiger partial charge in [0.15, 0.2) is 15.8 Å². The van der Waals surface area contributed by atoms with Gasteiger partial charge in [0.2, 0.25) is 0 Å². The van der Waals surface area contributed by atoms with Gasteiger partial charge < -0.3 is 10.6 Å². The summed E-state index contributed by atoms with van der Waals surface area (Å²) in [5.41, 5.74) is 2.49. The minimum atomic E-state index is -3.32. The number of aryl methyl sites for hydroxylation is 1. The molecule has 0 unspecified atom stereocenters. The molecule has 8 heteroatoms. The van der Waals surface area contributed by atoms with Gasteiger partial charge in [0, 0.05) is 24.6 Å². The van der Waals surface area contributed by atoms with Crippen molar-refractivity contribution in [2.45, 2.75) is 24.8 Å². The summed E-state index contributed by atoms with van der Waals surface area (Å²) in [6.45, 7) is 3.05. The fourth-order valence-electron chi connectivity index (χ4n) is 2.54. The third-order valence-electron chi connectivity index (χ3n) is 4.01. The van der Waals surface area contributed by atoms with Crippen molar-refractivity contribution in [1.29, 1.82) is 0 Å². The SMILES string of the molecule is CCc1ccccc1CNC(=NC)NCCS(=O)(=O)c1ccc(Br)cc1.I. The number of guanidine groups is 1. The van der Waals surface area contributed by atoms with Crippen LogP contribution in [0.1, 0.15) is 18.1 Å². The molecule has 2 aromatic rings. The Morgan fingerprint density at radius 3 is 2.26 bits per heavy atom. The van der Waals surface area contributed by atoms with Crippen LogP contribution in [-0.2, 0) is 22.8 Å². The van der Waals surface area contributed by atoms with Gasteiger partial charge in [0.25, 0.3) is 0 Å². The molecule has 0 aliphatic heterocycles. The first-order valence-electron chi connectivity index (χ1n) is 8.46. The van der Waals surface area contributed by atoms with Gasteiger partial charge in [-0.15, -0.1) is 24.0 Å². The van der Waals surface area contributed by atoms with Crippen molar-refractivity contribution in [2.75, 3.05) is 19.3 Å². The summed E-state index contributed by atoms with van der Waals surface area (Å²) >= 11 is 3.31. The smallest absolute Gasteiger partial charge is 0.191 e. The normalized spacial score (nSPS) is 11.6. The standard InChI is InChI=1S/C19H24BrN3O2S.HI/c1-3-15-6-4-5-7-16(15)14-23-19(21-2)22-12-13-26(24,25)18-10-8-17(20)9-11-18;/h4-11H,3,12-14H2,1-2H3,(H2,21,22,23);1H. The molecule has 0 amide bonds. The van der Waals surface area contributed by atoms with E-state index in [0.717, 1.165) is 10.9 Å². The molecule has 27 heavy (non-hydrogen) atoms. The molecule has 0 saturated heterocycles. The van der Waals surface area contributed by atoms with Crippen molar-refractivity contribution in [3.8, 4) is 0 Å². The third kappa shape index (κ3) is 7.42. The molecule has 0 spiro atoms. The lowest BCUT2D eigenvalue weighted by Crippen LogP contribution is -2.39. The molecule has 0 saturated carbocycles. The van der Waals surface area contributed by atoms with Crippen molar-refractivity contribution in [2.24, 2.45) is 4.99 Å². The first kappa shape index (κ1) is 23.9. The van der Waals surface area contributed by atoms with Gasteiger partial charge in [-0.2, -0.15) is 0 Å². The molecule has 2 N–H and O–H groups in total. The summed E-state index contributed by atoms with van der Waals surface area (Å²) in [6, 6.07) is 14.9. The first-order chi connectivity index (χ1) is 12.5. The summed E-state index contributed by atoms with van der Waals surface area (Å²) in [6.07, 6.45) is 0.968. The molecule has 0 aliphatic carbocycles. The van der Waals surface area contributed by atoms with E-state index in [1.807, 2.05) is 12.1 Å². The lowest BCUT2D eigenvalue weighted by atomic mass is 10.1. The Bertz CT molecular complexity index is 856. The van der Waals surface area contributed by atoms with Crippen LogP contribution in [0, 0.1) is 0 Å². The number of hydrogen-bond acceptors (Lipinski definition) is 3. The maximum Gasteiger partial charge on any atom is 0.191 e. The number of sulfone groups is 1. The molecule has 2 rings (SSSR count). The summed E-state index contributed by atoms with van der Waals surface area (Å²) in [5.74, 6) is 0.586. The van der Waals surface area contributed by atoms with Gasteiger partial charge in [-0.1, -0.05) is 47.1 Å². The van der Waals surface area contributed by atoms with Gasteiger partial charge in [-0.3, -0.25) is 4.99 Å². The number of benzene rings is 2. The van der Waals surface area contributed by atoms with Gasteiger partial charge in [-0.25, -0.2) is 8.42 Å². The molecule has 148 valence electrons. The summed E-state index contributed by atoms with van der Waals surface area (Å²) in [4.78, 5) is 4.48. The maximum atomic E-state index is 12.4. The molecule has 0 aliphatic rings. The lowest BCUT2D eigenvalue weighted by Gasteiger charge is -2.14. The van der Waals surface area contributed by atoms with Crippen LogP contribution in [0.3, 0.4) is 0 Å². The molecule has 0 radical (unpaired) electrons. The van der Waals surface area contributed by atoms with Crippen molar-refractivity contribution >= 4 is 55.7 Å². The molecular formula is C19H25BrIN3O2S. The number of hydrogen-bond donors (Lipinski definition) is 2. The Morgan fingerprint density at radius 1 is 1.04 bits per heavy atom.